The number of carbonyl (C=O) groups is 8. The maximum Gasteiger partial charge on any atom is 0.411 e. The van der Waals surface area contributed by atoms with E-state index < -0.39 is 113 Å². The standard InChI is InChI=1S/C75H56F6N4O10S/c1-39-15-13-14-18-61(39)72(46-16-11-10-12-17-46,48-22-30-63(41(3)32-48)84-67(89)56-28-24-52(38-60(56)71(84)93)96(94,95)51-23-27-53(44(6)86)57(37-51)45(7)87)47-21-29-62(40(2)31-47)83-66(88)54-25-19-49(35-58(54)69(83)91)73(74(76,77)78,75(79,80)81)50-20-26-55-59(36-50)70(92)85(68(55)90)65-34-42(4)64(82(8)9)33-43(65)5/h10-38H,1-9H3. The van der Waals surface area contributed by atoms with Gasteiger partial charge in [0.25, 0.3) is 35.4 Å². The molecule has 1 atom stereocenters. The summed E-state index contributed by atoms with van der Waals surface area (Å²) in [6.45, 7) is 10.9. The topological polar surface area (TPSA) is 184 Å². The van der Waals surface area contributed by atoms with E-state index in [4.69, 9.17) is 0 Å². The number of alkyl halides is 6. The van der Waals surface area contributed by atoms with Crippen molar-refractivity contribution in [1.29, 1.82) is 0 Å². The van der Waals surface area contributed by atoms with Crippen molar-refractivity contribution >= 4 is 79.6 Å². The second-order valence-corrected chi connectivity index (χ2v) is 26.3. The number of sulfone groups is 1. The molecule has 0 bridgehead atoms. The van der Waals surface area contributed by atoms with Gasteiger partial charge in [0.15, 0.2) is 11.6 Å². The van der Waals surface area contributed by atoms with Gasteiger partial charge in [-0.05, 0) is 195 Å². The van der Waals surface area contributed by atoms with Crippen LogP contribution in [-0.4, -0.2) is 81.9 Å². The van der Waals surface area contributed by atoms with Crippen molar-refractivity contribution in [3.8, 4) is 0 Å². The van der Waals surface area contributed by atoms with Gasteiger partial charge in [0, 0.05) is 30.9 Å². The summed E-state index contributed by atoms with van der Waals surface area (Å²) in [6.07, 6.45) is -12.4. The first-order chi connectivity index (χ1) is 45.2. The second-order valence-electron chi connectivity index (χ2n) is 24.4. The minimum Gasteiger partial charge on any atom is -0.377 e. The van der Waals surface area contributed by atoms with Crippen molar-refractivity contribution in [3.63, 3.8) is 0 Å². The van der Waals surface area contributed by atoms with Crippen LogP contribution in [-0.2, 0) is 20.7 Å². The van der Waals surface area contributed by atoms with Crippen molar-refractivity contribution in [1.82, 2.24) is 0 Å². The van der Waals surface area contributed by atoms with Gasteiger partial charge in [0.1, 0.15) is 0 Å². The number of fused-ring (bicyclic) bond motifs is 3. The molecule has 21 heteroatoms. The van der Waals surface area contributed by atoms with Gasteiger partial charge in [-0.3, -0.25) is 38.4 Å². The van der Waals surface area contributed by atoms with E-state index in [-0.39, 0.29) is 54.7 Å². The van der Waals surface area contributed by atoms with Gasteiger partial charge in [0.2, 0.25) is 15.3 Å². The van der Waals surface area contributed by atoms with Crippen LogP contribution in [0.3, 0.4) is 0 Å². The van der Waals surface area contributed by atoms with Crippen LogP contribution in [0.4, 0.5) is 49.1 Å². The smallest absolute Gasteiger partial charge is 0.377 e. The zero-order valence-corrected chi connectivity index (χ0v) is 53.6. The second kappa shape index (κ2) is 22.9. The van der Waals surface area contributed by atoms with Gasteiger partial charge < -0.3 is 4.90 Å². The van der Waals surface area contributed by atoms with E-state index in [0.29, 0.717) is 67.4 Å². The van der Waals surface area contributed by atoms with E-state index in [1.54, 1.807) is 89.2 Å². The molecule has 0 fully saturated rings. The zero-order chi connectivity index (χ0) is 69.4. The summed E-state index contributed by atoms with van der Waals surface area (Å²) >= 11 is 0. The molecule has 3 aliphatic heterocycles. The van der Waals surface area contributed by atoms with Gasteiger partial charge in [-0.15, -0.1) is 0 Å². The van der Waals surface area contributed by atoms with E-state index in [1.165, 1.54) is 50.2 Å². The highest BCUT2D eigenvalue weighted by molar-refractivity contribution is 7.91. The first kappa shape index (κ1) is 65.1. The third-order valence-corrected chi connectivity index (χ3v) is 20.2. The molecular formula is C75H56F6N4O10S. The largest absolute Gasteiger partial charge is 0.411 e. The molecule has 0 saturated heterocycles. The van der Waals surface area contributed by atoms with Crippen LogP contribution in [0, 0.1) is 34.6 Å². The minimum absolute atomic E-state index is 0.0284. The summed E-state index contributed by atoms with van der Waals surface area (Å²) in [7, 11) is -0.896. The van der Waals surface area contributed by atoms with Crippen molar-refractivity contribution < 1.29 is 73.1 Å². The Bertz CT molecular complexity index is 5080. The summed E-state index contributed by atoms with van der Waals surface area (Å²) in [5, 5.41) is 0. The number of benzene rings is 9. The number of Topliss-reactive ketones (excluding diaryl/α,β-unsaturated/α-hetero) is 2. The first-order valence-electron chi connectivity index (χ1n) is 30.0. The summed E-state index contributed by atoms with van der Waals surface area (Å²) in [6, 6.07) is 39.9. The molecule has 3 heterocycles. The molecule has 484 valence electrons. The lowest BCUT2D eigenvalue weighted by molar-refractivity contribution is -0.288. The Balaban J connectivity index is 0.913. The molecule has 0 N–H and O–H groups in total. The van der Waals surface area contributed by atoms with E-state index in [2.05, 4.69) is 0 Å². The highest BCUT2D eigenvalue weighted by Crippen LogP contribution is 2.58. The fraction of sp³-hybridized carbons (Fsp3) is 0.173. The summed E-state index contributed by atoms with van der Waals surface area (Å²) < 4.78 is 124. The molecule has 0 spiro atoms. The lowest BCUT2D eigenvalue weighted by atomic mass is 9.63. The third-order valence-electron chi connectivity index (χ3n) is 18.5. The molecular weight excluding hydrogens is 1260 g/mol. The van der Waals surface area contributed by atoms with Crippen molar-refractivity contribution in [2.75, 3.05) is 33.7 Å². The Morgan fingerprint density at radius 3 is 1.24 bits per heavy atom. The number of rotatable bonds is 14. The summed E-state index contributed by atoms with van der Waals surface area (Å²) in [5.74, 6) is -7.00. The highest BCUT2D eigenvalue weighted by Gasteiger charge is 2.73. The van der Waals surface area contributed by atoms with E-state index in [0.717, 1.165) is 46.0 Å². The van der Waals surface area contributed by atoms with Gasteiger partial charge in [-0.1, -0.05) is 91.0 Å². The van der Waals surface area contributed by atoms with Crippen LogP contribution in [0.15, 0.2) is 186 Å². The van der Waals surface area contributed by atoms with Crippen LogP contribution in [0.1, 0.15) is 158 Å². The van der Waals surface area contributed by atoms with Crippen molar-refractivity contribution in [2.24, 2.45) is 0 Å². The molecule has 0 aromatic heterocycles. The molecule has 9 aromatic carbocycles. The molecule has 12 rings (SSSR count). The molecule has 0 aliphatic carbocycles. The van der Waals surface area contributed by atoms with Crippen LogP contribution in [0.5, 0.6) is 0 Å². The van der Waals surface area contributed by atoms with Crippen molar-refractivity contribution in [2.45, 2.75) is 81.4 Å². The average molecular weight is 1320 g/mol. The number of hydrogen-bond donors (Lipinski definition) is 0. The number of amides is 6. The fourth-order valence-electron chi connectivity index (χ4n) is 13.8. The quantitative estimate of drug-likeness (QED) is 0.0437. The highest BCUT2D eigenvalue weighted by atomic mass is 32.2. The Hall–Kier alpha value is -10.9. The summed E-state index contributed by atoms with van der Waals surface area (Å²) in [4.78, 5) is 115. The molecule has 6 amide bonds. The maximum absolute atomic E-state index is 16.0. The van der Waals surface area contributed by atoms with Gasteiger partial charge in [-0.25, -0.2) is 23.1 Å². The monoisotopic (exact) mass is 1320 g/mol. The molecule has 0 radical (unpaired) electrons. The fourth-order valence-corrected chi connectivity index (χ4v) is 15.1. The Morgan fingerprint density at radius 2 is 0.781 bits per heavy atom. The molecule has 9 aromatic rings. The van der Waals surface area contributed by atoms with E-state index in [9.17, 15) is 46.8 Å². The molecule has 14 nitrogen and oxygen atoms in total. The normalized spacial score (nSPS) is 14.7. The Kier molecular flexibility index (Phi) is 15.6. The SMILES string of the molecule is CC(=O)c1ccc(S(=O)(=O)c2ccc3c(c2)C(=O)N(c2ccc(C(c4ccccc4)(c4ccc(N5C(=O)c6ccc(C(c7ccc8c(c7)C(=O)N(c7cc(C)c(N(C)C)cc7C)C8=O)(C(F)(F)F)C(F)(F)F)cc6C5=O)c(C)c4)c4ccccc4C)cc2C)C3=O)cc1C(C)=O. The Labute approximate surface area is 546 Å². The number of imide groups is 3. The Morgan fingerprint density at radius 1 is 0.375 bits per heavy atom. The van der Waals surface area contributed by atoms with Crippen molar-refractivity contribution in [3.05, 3.63) is 282 Å². The van der Waals surface area contributed by atoms with E-state index >= 15 is 26.3 Å². The van der Waals surface area contributed by atoms with Crippen LogP contribution in [0.2, 0.25) is 0 Å². The predicted octanol–water partition coefficient (Wildman–Crippen LogP) is 14.7. The predicted molar refractivity (Wildman–Crippen MR) is 347 cm³/mol. The van der Waals surface area contributed by atoms with Gasteiger partial charge in [-0.2, -0.15) is 26.3 Å². The van der Waals surface area contributed by atoms with Crippen LogP contribution in [0.25, 0.3) is 0 Å². The number of nitrogens with zero attached hydrogens (tertiary/aromatic N) is 4. The minimum atomic E-state index is -6.22. The van der Waals surface area contributed by atoms with Gasteiger partial charge >= 0.3 is 12.4 Å². The number of halogens is 6. The number of anilines is 4. The zero-order valence-electron chi connectivity index (χ0n) is 52.8. The lowest BCUT2D eigenvalue weighted by Gasteiger charge is -2.39. The van der Waals surface area contributed by atoms with Gasteiger partial charge in [0.05, 0.1) is 65.6 Å². The number of carbonyl (C=O) groups excluding carboxylic acids is 8. The summed E-state index contributed by atoms with van der Waals surface area (Å²) in [5.41, 5.74) is -6.14. The number of aryl methyl sites for hydroxylation is 5. The molecule has 0 saturated carbocycles. The van der Waals surface area contributed by atoms with Crippen LogP contribution < -0.4 is 19.6 Å². The van der Waals surface area contributed by atoms with Crippen LogP contribution >= 0.6 is 0 Å². The van der Waals surface area contributed by atoms with E-state index in [1.807, 2.05) is 55.5 Å². The number of hydrogen-bond acceptors (Lipinski definition) is 11. The molecule has 3 aliphatic rings. The number of ketones is 2. The maximum atomic E-state index is 16.0. The third kappa shape index (κ3) is 9.71. The average Bonchev–Trinajstić information content (AvgIpc) is 1.19. The lowest BCUT2D eigenvalue weighted by Crippen LogP contribution is -2.55. The first-order valence-corrected chi connectivity index (χ1v) is 31.4. The molecule has 1 unspecified atom stereocenters. The molecule has 96 heavy (non-hydrogen) atoms.